The average molecular weight is 443 g/mol. The molecule has 1 heterocycles. The van der Waals surface area contributed by atoms with Gasteiger partial charge in [0, 0.05) is 21.9 Å². The SMILES string of the molecule is CC(C)(C)N(C(=O)O)c1ccc(-c2cccs2)cc1NC(=O)c1ccc(CCl)cc1. The maximum Gasteiger partial charge on any atom is 0.412 e. The number of thiophene rings is 1. The van der Waals surface area contributed by atoms with Gasteiger partial charge in [-0.2, -0.15) is 0 Å². The second kappa shape index (κ2) is 8.90. The zero-order valence-electron chi connectivity index (χ0n) is 17.0. The molecule has 0 atom stereocenters. The van der Waals surface area contributed by atoms with Crippen molar-refractivity contribution in [1.82, 2.24) is 0 Å². The van der Waals surface area contributed by atoms with Crippen LogP contribution in [-0.4, -0.2) is 22.6 Å². The molecule has 0 unspecified atom stereocenters. The summed E-state index contributed by atoms with van der Waals surface area (Å²) in [6.07, 6.45) is -1.09. The summed E-state index contributed by atoms with van der Waals surface area (Å²) >= 11 is 7.40. The van der Waals surface area contributed by atoms with E-state index in [1.807, 2.05) is 50.4 Å². The van der Waals surface area contributed by atoms with Crippen LogP contribution in [0.4, 0.5) is 16.2 Å². The molecule has 0 aliphatic rings. The van der Waals surface area contributed by atoms with Gasteiger partial charge in [0.2, 0.25) is 0 Å². The standard InChI is InChI=1S/C23H23ClN2O3S/c1-23(2,3)26(22(28)29)19-11-10-17(20-5-4-12-30-20)13-18(19)25-21(27)16-8-6-15(14-24)7-9-16/h4-13H,14H2,1-3H3,(H,25,27)(H,28,29). The van der Waals surface area contributed by atoms with E-state index in [1.165, 1.54) is 4.90 Å². The Balaban J connectivity index is 2.05. The number of rotatable bonds is 5. The summed E-state index contributed by atoms with van der Waals surface area (Å²) < 4.78 is 0. The number of nitrogens with zero attached hydrogens (tertiary/aromatic N) is 1. The number of nitrogens with one attached hydrogen (secondary N) is 1. The number of alkyl halides is 1. The molecule has 3 aromatic rings. The van der Waals surface area contributed by atoms with Gasteiger partial charge in [-0.1, -0.05) is 24.3 Å². The van der Waals surface area contributed by atoms with Crippen molar-refractivity contribution in [2.45, 2.75) is 32.2 Å². The third kappa shape index (κ3) is 4.83. The number of carboxylic acid groups (broad SMARTS) is 1. The van der Waals surface area contributed by atoms with Gasteiger partial charge in [-0.25, -0.2) is 4.79 Å². The molecule has 7 heteroatoms. The second-order valence-corrected chi connectivity index (χ2v) is 9.00. The fraction of sp³-hybridized carbons (Fsp3) is 0.217. The van der Waals surface area contributed by atoms with Crippen molar-refractivity contribution in [3.05, 3.63) is 71.1 Å². The number of carbonyl (C=O) groups excluding carboxylic acids is 1. The fourth-order valence-electron chi connectivity index (χ4n) is 3.12. The lowest BCUT2D eigenvalue weighted by Gasteiger charge is -2.34. The lowest BCUT2D eigenvalue weighted by molar-refractivity contribution is 0.102. The topological polar surface area (TPSA) is 69.6 Å². The number of hydrogen-bond acceptors (Lipinski definition) is 3. The Kier molecular flexibility index (Phi) is 6.48. The second-order valence-electron chi connectivity index (χ2n) is 7.78. The predicted octanol–water partition coefficient (Wildman–Crippen LogP) is 6.69. The van der Waals surface area contributed by atoms with Crippen LogP contribution in [0.1, 0.15) is 36.7 Å². The molecule has 0 saturated carbocycles. The Morgan fingerprint density at radius 3 is 2.33 bits per heavy atom. The minimum atomic E-state index is -1.09. The Bertz CT molecular complexity index is 1040. The molecular formula is C23H23ClN2O3S. The van der Waals surface area contributed by atoms with Gasteiger partial charge in [0.15, 0.2) is 0 Å². The summed E-state index contributed by atoms with van der Waals surface area (Å²) in [6.45, 7) is 5.43. The van der Waals surface area contributed by atoms with Crippen molar-refractivity contribution < 1.29 is 14.7 Å². The van der Waals surface area contributed by atoms with Crippen LogP contribution in [0.15, 0.2) is 60.0 Å². The van der Waals surface area contributed by atoms with E-state index in [-0.39, 0.29) is 5.91 Å². The lowest BCUT2D eigenvalue weighted by atomic mass is 10.0. The highest BCUT2D eigenvalue weighted by molar-refractivity contribution is 7.13. The molecule has 30 heavy (non-hydrogen) atoms. The highest BCUT2D eigenvalue weighted by atomic mass is 35.5. The largest absolute Gasteiger partial charge is 0.465 e. The van der Waals surface area contributed by atoms with Crippen LogP contribution in [0.2, 0.25) is 0 Å². The lowest BCUT2D eigenvalue weighted by Crippen LogP contribution is -2.45. The van der Waals surface area contributed by atoms with E-state index >= 15 is 0 Å². The van der Waals surface area contributed by atoms with Gasteiger partial charge in [0.05, 0.1) is 11.4 Å². The minimum Gasteiger partial charge on any atom is -0.465 e. The molecule has 156 valence electrons. The first kappa shape index (κ1) is 21.9. The molecule has 5 nitrogen and oxygen atoms in total. The molecule has 0 saturated heterocycles. The van der Waals surface area contributed by atoms with Gasteiger partial charge >= 0.3 is 6.09 Å². The number of hydrogen-bond donors (Lipinski definition) is 2. The van der Waals surface area contributed by atoms with E-state index in [2.05, 4.69) is 5.32 Å². The molecule has 0 fully saturated rings. The average Bonchev–Trinajstić information content (AvgIpc) is 3.22. The summed E-state index contributed by atoms with van der Waals surface area (Å²) in [4.78, 5) is 27.2. The zero-order chi connectivity index (χ0) is 21.9. The maximum absolute atomic E-state index is 12.9. The Morgan fingerprint density at radius 2 is 1.80 bits per heavy atom. The molecule has 2 N–H and O–H groups in total. The number of anilines is 2. The van der Waals surface area contributed by atoms with Crippen LogP contribution in [0.3, 0.4) is 0 Å². The molecule has 0 bridgehead atoms. The van der Waals surface area contributed by atoms with Gasteiger partial charge in [0.1, 0.15) is 0 Å². The van der Waals surface area contributed by atoms with Gasteiger partial charge in [0.25, 0.3) is 5.91 Å². The summed E-state index contributed by atoms with van der Waals surface area (Å²) in [7, 11) is 0. The summed E-state index contributed by atoms with van der Waals surface area (Å²) in [5.41, 5.74) is 2.44. The molecule has 1 aromatic heterocycles. The monoisotopic (exact) mass is 442 g/mol. The van der Waals surface area contributed by atoms with E-state index in [1.54, 1.807) is 41.7 Å². The highest BCUT2D eigenvalue weighted by Gasteiger charge is 2.30. The zero-order valence-corrected chi connectivity index (χ0v) is 18.6. The predicted molar refractivity (Wildman–Crippen MR) is 124 cm³/mol. The van der Waals surface area contributed by atoms with E-state index < -0.39 is 11.6 Å². The fourth-order valence-corrected chi connectivity index (χ4v) is 4.02. The van der Waals surface area contributed by atoms with Crippen LogP contribution in [0, 0.1) is 0 Å². The van der Waals surface area contributed by atoms with Crippen molar-refractivity contribution in [3.63, 3.8) is 0 Å². The van der Waals surface area contributed by atoms with Gasteiger partial charge in [-0.15, -0.1) is 22.9 Å². The van der Waals surface area contributed by atoms with Gasteiger partial charge in [-0.05, 0) is 67.6 Å². The molecule has 3 rings (SSSR count). The van der Waals surface area contributed by atoms with Crippen molar-refractivity contribution >= 4 is 46.3 Å². The first-order valence-electron chi connectivity index (χ1n) is 9.38. The number of halogens is 1. The molecule has 0 aliphatic heterocycles. The van der Waals surface area contributed by atoms with Crippen LogP contribution >= 0.6 is 22.9 Å². The first-order valence-corrected chi connectivity index (χ1v) is 10.8. The van der Waals surface area contributed by atoms with E-state index in [0.29, 0.717) is 22.8 Å². The van der Waals surface area contributed by atoms with Gasteiger partial charge < -0.3 is 10.4 Å². The first-order chi connectivity index (χ1) is 14.2. The van der Waals surface area contributed by atoms with Crippen molar-refractivity contribution in [2.75, 3.05) is 10.2 Å². The quantitative estimate of drug-likeness (QED) is 0.432. The Morgan fingerprint density at radius 1 is 1.10 bits per heavy atom. The highest BCUT2D eigenvalue weighted by Crippen LogP contribution is 2.36. The van der Waals surface area contributed by atoms with Crippen molar-refractivity contribution in [3.8, 4) is 10.4 Å². The van der Waals surface area contributed by atoms with Crippen molar-refractivity contribution in [1.29, 1.82) is 0 Å². The molecule has 2 aromatic carbocycles. The molecule has 0 radical (unpaired) electrons. The minimum absolute atomic E-state index is 0.319. The number of amides is 2. The summed E-state index contributed by atoms with van der Waals surface area (Å²) in [5.74, 6) is 0.0496. The van der Waals surface area contributed by atoms with Crippen molar-refractivity contribution in [2.24, 2.45) is 0 Å². The number of carbonyl (C=O) groups is 2. The normalized spacial score (nSPS) is 11.2. The smallest absolute Gasteiger partial charge is 0.412 e. The molecule has 0 spiro atoms. The van der Waals surface area contributed by atoms with Crippen LogP contribution in [0.5, 0.6) is 0 Å². The maximum atomic E-state index is 12.9. The van der Waals surface area contributed by atoms with Crippen LogP contribution in [-0.2, 0) is 5.88 Å². The number of benzene rings is 2. The van der Waals surface area contributed by atoms with Crippen LogP contribution < -0.4 is 10.2 Å². The molecule has 0 aliphatic carbocycles. The summed E-state index contributed by atoms with van der Waals surface area (Å²) in [6, 6.07) is 16.3. The van der Waals surface area contributed by atoms with E-state index in [9.17, 15) is 14.7 Å². The third-order valence-electron chi connectivity index (χ3n) is 4.52. The molecular weight excluding hydrogens is 420 g/mol. The molecule has 2 amide bonds. The van der Waals surface area contributed by atoms with Crippen LogP contribution in [0.25, 0.3) is 10.4 Å². The Hall–Kier alpha value is -2.83. The summed E-state index contributed by atoms with van der Waals surface area (Å²) in [5, 5.41) is 14.7. The van der Waals surface area contributed by atoms with E-state index in [4.69, 9.17) is 11.6 Å². The van der Waals surface area contributed by atoms with E-state index in [0.717, 1.165) is 16.0 Å². The third-order valence-corrected chi connectivity index (χ3v) is 5.75. The van der Waals surface area contributed by atoms with Gasteiger partial charge in [-0.3, -0.25) is 9.69 Å². The Labute approximate surface area is 184 Å².